The maximum atomic E-state index is 12.0. The second kappa shape index (κ2) is 8.23. The Hall–Kier alpha value is -2.54. The molecule has 7 nitrogen and oxygen atoms in total. The van der Waals surface area contributed by atoms with Crippen LogP contribution in [0.2, 0.25) is 5.02 Å². The molecule has 3 rings (SSSR count). The number of esters is 1. The van der Waals surface area contributed by atoms with Gasteiger partial charge in [-0.1, -0.05) is 11.6 Å². The number of anilines is 2. The summed E-state index contributed by atoms with van der Waals surface area (Å²) < 4.78 is 10.2. The summed E-state index contributed by atoms with van der Waals surface area (Å²) in [5.74, 6) is 1.82. The van der Waals surface area contributed by atoms with Crippen LogP contribution >= 0.6 is 11.6 Å². The van der Waals surface area contributed by atoms with Gasteiger partial charge in [0, 0.05) is 32.4 Å². The molecule has 0 atom stereocenters. The minimum atomic E-state index is -0.429. The highest BCUT2D eigenvalue weighted by atomic mass is 35.5. The highest BCUT2D eigenvalue weighted by Gasteiger charge is 2.23. The molecule has 8 heteroatoms. The lowest BCUT2D eigenvalue weighted by atomic mass is 10.2. The zero-order valence-corrected chi connectivity index (χ0v) is 15.6. The van der Waals surface area contributed by atoms with Gasteiger partial charge >= 0.3 is 5.97 Å². The lowest BCUT2D eigenvalue weighted by molar-refractivity contribution is 0.0526. The highest BCUT2D eigenvalue weighted by molar-refractivity contribution is 6.35. The largest absolute Gasteiger partial charge is 0.495 e. The van der Waals surface area contributed by atoms with Gasteiger partial charge in [0.05, 0.1) is 30.5 Å². The summed E-state index contributed by atoms with van der Waals surface area (Å²) in [6, 6.07) is 5.43. The molecule has 0 spiro atoms. The molecule has 0 aromatic carbocycles. The minimum absolute atomic E-state index is 0.306. The van der Waals surface area contributed by atoms with E-state index in [1.54, 1.807) is 32.5 Å². The molecular weight excluding hydrogens is 356 g/mol. The fourth-order valence-corrected chi connectivity index (χ4v) is 3.16. The van der Waals surface area contributed by atoms with Crippen LogP contribution in [0.1, 0.15) is 17.3 Å². The van der Waals surface area contributed by atoms with Gasteiger partial charge in [0.2, 0.25) is 0 Å². The first-order valence-electron chi connectivity index (χ1n) is 8.45. The van der Waals surface area contributed by atoms with Crippen molar-refractivity contribution < 1.29 is 14.3 Å². The van der Waals surface area contributed by atoms with Crippen LogP contribution in [0, 0.1) is 0 Å². The normalized spacial score (nSPS) is 14.3. The van der Waals surface area contributed by atoms with Gasteiger partial charge in [0.1, 0.15) is 17.4 Å². The van der Waals surface area contributed by atoms with Crippen LogP contribution in [0.4, 0.5) is 11.6 Å². The molecule has 2 aromatic heterocycles. The smallest absolute Gasteiger partial charge is 0.339 e. The second-order valence-electron chi connectivity index (χ2n) is 5.75. The monoisotopic (exact) mass is 376 g/mol. The van der Waals surface area contributed by atoms with E-state index in [1.807, 2.05) is 12.1 Å². The Kier molecular flexibility index (Phi) is 5.78. The van der Waals surface area contributed by atoms with Gasteiger partial charge in [-0.3, -0.25) is 0 Å². The Morgan fingerprint density at radius 2 is 1.88 bits per heavy atom. The standard InChI is InChI=1S/C18H21ClN4O3/c1-3-26-18(24)14-6-7-20-17(16(14)19)23-10-8-22(9-11-23)15-5-4-13(25-2)12-21-15/h4-7,12H,3,8-11H2,1-2H3. The van der Waals surface area contributed by atoms with E-state index in [2.05, 4.69) is 19.8 Å². The quantitative estimate of drug-likeness (QED) is 0.743. The molecule has 1 saturated heterocycles. The first kappa shape index (κ1) is 18.3. The van der Waals surface area contributed by atoms with Crippen LogP contribution in [0.5, 0.6) is 5.75 Å². The van der Waals surface area contributed by atoms with Gasteiger partial charge in [0.25, 0.3) is 0 Å². The molecular formula is C18H21ClN4O3. The third-order valence-electron chi connectivity index (χ3n) is 4.23. The van der Waals surface area contributed by atoms with E-state index in [4.69, 9.17) is 21.1 Å². The summed E-state index contributed by atoms with van der Waals surface area (Å²) >= 11 is 6.41. The van der Waals surface area contributed by atoms with Gasteiger partial charge in [-0.2, -0.15) is 0 Å². The first-order chi connectivity index (χ1) is 12.6. The van der Waals surface area contributed by atoms with Crippen molar-refractivity contribution in [2.75, 3.05) is 49.7 Å². The zero-order chi connectivity index (χ0) is 18.5. The van der Waals surface area contributed by atoms with Crippen molar-refractivity contribution >= 4 is 29.2 Å². The third kappa shape index (κ3) is 3.83. The molecule has 0 N–H and O–H groups in total. The average Bonchev–Trinajstić information content (AvgIpc) is 2.68. The Morgan fingerprint density at radius 3 is 2.50 bits per heavy atom. The zero-order valence-electron chi connectivity index (χ0n) is 14.8. The SMILES string of the molecule is CCOC(=O)c1ccnc(N2CCN(c3ccc(OC)cn3)CC2)c1Cl. The van der Waals surface area contributed by atoms with Gasteiger partial charge in [-0.15, -0.1) is 0 Å². The van der Waals surface area contributed by atoms with Gasteiger partial charge in [0.15, 0.2) is 0 Å². The van der Waals surface area contributed by atoms with Crippen molar-refractivity contribution in [3.63, 3.8) is 0 Å². The number of carbonyl (C=O) groups excluding carboxylic acids is 1. The number of ether oxygens (including phenoxy) is 2. The molecule has 0 amide bonds. The molecule has 2 aromatic rings. The van der Waals surface area contributed by atoms with Gasteiger partial charge in [-0.25, -0.2) is 14.8 Å². The summed E-state index contributed by atoms with van der Waals surface area (Å²) in [5.41, 5.74) is 0.345. The van der Waals surface area contributed by atoms with Crippen LogP contribution in [-0.4, -0.2) is 55.8 Å². The number of methoxy groups -OCH3 is 1. The number of pyridine rings is 2. The van der Waals surface area contributed by atoms with Gasteiger partial charge in [-0.05, 0) is 25.1 Å². The van der Waals surface area contributed by atoms with E-state index in [0.717, 1.165) is 37.7 Å². The summed E-state index contributed by atoms with van der Waals surface area (Å²) in [5, 5.41) is 0.335. The molecule has 3 heterocycles. The summed E-state index contributed by atoms with van der Waals surface area (Å²) in [6.45, 7) is 5.09. The molecule has 1 fully saturated rings. The van der Waals surface area contributed by atoms with Gasteiger partial charge < -0.3 is 19.3 Å². The Labute approximate surface area is 157 Å². The van der Waals surface area contributed by atoms with E-state index in [1.165, 1.54) is 0 Å². The van der Waals surface area contributed by atoms with Crippen molar-refractivity contribution in [3.05, 3.63) is 41.2 Å². The number of rotatable bonds is 5. The lowest BCUT2D eigenvalue weighted by Crippen LogP contribution is -2.47. The number of aromatic nitrogens is 2. The van der Waals surface area contributed by atoms with Crippen LogP contribution < -0.4 is 14.5 Å². The number of hydrogen-bond donors (Lipinski definition) is 0. The highest BCUT2D eigenvalue weighted by Crippen LogP contribution is 2.29. The van der Waals surface area contributed by atoms with Crippen molar-refractivity contribution in [3.8, 4) is 5.75 Å². The molecule has 0 bridgehead atoms. The fraction of sp³-hybridized carbons (Fsp3) is 0.389. The number of piperazine rings is 1. The number of hydrogen-bond acceptors (Lipinski definition) is 7. The molecule has 0 unspecified atom stereocenters. The predicted octanol–water partition coefficient (Wildman–Crippen LogP) is 2.64. The third-order valence-corrected chi connectivity index (χ3v) is 4.60. The topological polar surface area (TPSA) is 67.8 Å². The van der Waals surface area contributed by atoms with Crippen LogP contribution in [0.15, 0.2) is 30.6 Å². The molecule has 26 heavy (non-hydrogen) atoms. The summed E-state index contributed by atoms with van der Waals surface area (Å²) in [7, 11) is 1.62. The fourth-order valence-electron chi connectivity index (χ4n) is 2.85. The molecule has 0 aliphatic carbocycles. The maximum Gasteiger partial charge on any atom is 0.339 e. The van der Waals surface area contributed by atoms with Crippen LogP contribution in [-0.2, 0) is 4.74 Å². The molecule has 0 radical (unpaired) electrons. The molecule has 1 aliphatic rings. The first-order valence-corrected chi connectivity index (χ1v) is 8.83. The van der Waals surface area contributed by atoms with E-state index in [0.29, 0.717) is 23.0 Å². The predicted molar refractivity (Wildman–Crippen MR) is 100 cm³/mol. The van der Waals surface area contributed by atoms with Crippen molar-refractivity contribution in [2.24, 2.45) is 0 Å². The second-order valence-corrected chi connectivity index (χ2v) is 6.12. The molecule has 1 aliphatic heterocycles. The summed E-state index contributed by atoms with van der Waals surface area (Å²) in [4.78, 5) is 25.1. The van der Waals surface area contributed by atoms with Crippen molar-refractivity contribution in [1.82, 2.24) is 9.97 Å². The Bertz CT molecular complexity index is 762. The van der Waals surface area contributed by atoms with E-state index in [-0.39, 0.29) is 0 Å². The van der Waals surface area contributed by atoms with Crippen molar-refractivity contribution in [1.29, 1.82) is 0 Å². The minimum Gasteiger partial charge on any atom is -0.495 e. The van der Waals surface area contributed by atoms with Crippen LogP contribution in [0.25, 0.3) is 0 Å². The lowest BCUT2D eigenvalue weighted by Gasteiger charge is -2.36. The number of carbonyl (C=O) groups is 1. The Balaban J connectivity index is 1.69. The number of halogens is 1. The molecule has 0 saturated carbocycles. The van der Waals surface area contributed by atoms with E-state index in [9.17, 15) is 4.79 Å². The molecule has 138 valence electrons. The van der Waals surface area contributed by atoms with E-state index < -0.39 is 5.97 Å². The maximum absolute atomic E-state index is 12.0. The van der Waals surface area contributed by atoms with Crippen LogP contribution in [0.3, 0.4) is 0 Å². The van der Waals surface area contributed by atoms with Crippen molar-refractivity contribution in [2.45, 2.75) is 6.92 Å². The summed E-state index contributed by atoms with van der Waals surface area (Å²) in [6.07, 6.45) is 3.30. The Morgan fingerprint density at radius 1 is 1.15 bits per heavy atom. The average molecular weight is 377 g/mol. The number of nitrogens with zero attached hydrogens (tertiary/aromatic N) is 4. The van der Waals surface area contributed by atoms with E-state index >= 15 is 0 Å².